The molecule has 0 saturated carbocycles. The molecule has 0 aliphatic rings. The molecule has 0 spiro atoms. The minimum absolute atomic E-state index is 0.0110. The molecule has 5 heteroatoms. The van der Waals surface area contributed by atoms with Crippen LogP contribution in [0.5, 0.6) is 0 Å². The van der Waals surface area contributed by atoms with Gasteiger partial charge in [0.25, 0.3) is 5.56 Å². The van der Waals surface area contributed by atoms with Crippen LogP contribution in [-0.4, -0.2) is 16.7 Å². The monoisotopic (exact) mass is 231 g/mol. The van der Waals surface area contributed by atoms with E-state index in [1.807, 2.05) is 0 Å². The van der Waals surface area contributed by atoms with Crippen LogP contribution in [0.1, 0.15) is 10.4 Å². The first-order chi connectivity index (χ1) is 5.66. The summed E-state index contributed by atoms with van der Waals surface area (Å²) in [6, 6.07) is 2.98. The number of carbonyl (C=O) groups excluding carboxylic acids is 1. The molecule has 0 radical (unpaired) electrons. The molecule has 64 valence electrons. The molecule has 4 nitrogen and oxygen atoms in total. The van der Waals surface area contributed by atoms with Crippen molar-refractivity contribution in [1.82, 2.24) is 3.59 Å². The summed E-state index contributed by atoms with van der Waals surface area (Å²) in [6.45, 7) is 0. The molecule has 0 N–H and O–H groups in total. The Morgan fingerprint density at radius 3 is 2.92 bits per heavy atom. The fourth-order valence-corrected chi connectivity index (χ4v) is 1.06. The van der Waals surface area contributed by atoms with Gasteiger partial charge in [-0.05, 0) is 12.1 Å². The number of halogens is 1. The Morgan fingerprint density at radius 2 is 2.33 bits per heavy atom. The third-order valence-electron chi connectivity index (χ3n) is 1.31. The number of ether oxygens (including phenoxy) is 1. The molecule has 0 aliphatic heterocycles. The normalized spacial score (nSPS) is 9.50. The highest BCUT2D eigenvalue weighted by Crippen LogP contribution is 1.95. The average molecular weight is 232 g/mol. The molecule has 1 rings (SSSR count). The minimum Gasteiger partial charge on any atom is -0.465 e. The van der Waals surface area contributed by atoms with E-state index < -0.39 is 11.5 Å². The molecule has 1 aromatic heterocycles. The van der Waals surface area contributed by atoms with E-state index in [0.29, 0.717) is 0 Å². The van der Waals surface area contributed by atoms with Crippen molar-refractivity contribution in [2.75, 3.05) is 7.11 Å². The Balaban J connectivity index is 3.26. The van der Waals surface area contributed by atoms with Gasteiger partial charge in [-0.3, -0.25) is 4.79 Å². The van der Waals surface area contributed by atoms with Gasteiger partial charge in [0.05, 0.1) is 23.3 Å². The summed E-state index contributed by atoms with van der Waals surface area (Å²) in [5, 5.41) is 0. The lowest BCUT2D eigenvalue weighted by Gasteiger charge is -1.98. The number of pyridine rings is 1. The van der Waals surface area contributed by atoms with Crippen molar-refractivity contribution in [2.24, 2.45) is 0 Å². The van der Waals surface area contributed by atoms with Crippen molar-refractivity contribution in [1.29, 1.82) is 0 Å². The van der Waals surface area contributed by atoms with Crippen LogP contribution in [0.2, 0.25) is 0 Å². The fraction of sp³-hybridized carbons (Fsp3) is 0.143. The van der Waals surface area contributed by atoms with Crippen LogP contribution >= 0.6 is 16.1 Å². The second-order valence-electron chi connectivity index (χ2n) is 2.03. The van der Waals surface area contributed by atoms with Gasteiger partial charge < -0.3 is 4.74 Å². The summed E-state index contributed by atoms with van der Waals surface area (Å²) >= 11 is 2.94. The summed E-state index contributed by atoms with van der Waals surface area (Å²) in [5.41, 5.74) is -0.416. The smallest absolute Gasteiger partial charge is 0.343 e. The van der Waals surface area contributed by atoms with Gasteiger partial charge in [-0.1, -0.05) is 0 Å². The Kier molecular flexibility index (Phi) is 2.65. The molecular formula is C7H6BrNO3. The zero-order valence-corrected chi connectivity index (χ0v) is 7.87. The molecule has 0 saturated heterocycles. The lowest BCUT2D eigenvalue weighted by Crippen LogP contribution is -2.21. The van der Waals surface area contributed by atoms with Crippen LogP contribution in [0.4, 0.5) is 0 Å². The van der Waals surface area contributed by atoms with Crippen LogP contribution in [0.15, 0.2) is 23.1 Å². The maximum Gasteiger partial charge on any atom is 0.343 e. The van der Waals surface area contributed by atoms with Gasteiger partial charge in [-0.2, -0.15) is 0 Å². The van der Waals surface area contributed by atoms with Gasteiger partial charge >= 0.3 is 5.97 Å². The van der Waals surface area contributed by atoms with E-state index in [-0.39, 0.29) is 5.56 Å². The van der Waals surface area contributed by atoms with E-state index in [1.165, 1.54) is 19.4 Å². The average Bonchev–Trinajstić information content (AvgIpc) is 2.08. The van der Waals surface area contributed by atoms with Crippen molar-refractivity contribution in [2.45, 2.75) is 0 Å². The number of methoxy groups -OCH3 is 1. The predicted octanol–water partition coefficient (Wildman–Crippen LogP) is 0.793. The van der Waals surface area contributed by atoms with Crippen LogP contribution in [0.3, 0.4) is 0 Å². The van der Waals surface area contributed by atoms with Gasteiger partial charge in [-0.25, -0.2) is 8.39 Å². The maximum absolute atomic E-state index is 11.2. The molecule has 12 heavy (non-hydrogen) atoms. The summed E-state index contributed by atoms with van der Waals surface area (Å²) in [7, 11) is 1.23. The van der Waals surface area contributed by atoms with Gasteiger partial charge in [0, 0.05) is 6.20 Å². The Hall–Kier alpha value is -1.10. The van der Waals surface area contributed by atoms with Gasteiger partial charge in [0.1, 0.15) is 5.56 Å². The van der Waals surface area contributed by atoms with Crippen molar-refractivity contribution >= 4 is 22.1 Å². The highest BCUT2D eigenvalue weighted by molar-refractivity contribution is 9.08. The zero-order valence-electron chi connectivity index (χ0n) is 6.28. The largest absolute Gasteiger partial charge is 0.465 e. The maximum atomic E-state index is 11.2. The molecule has 0 aromatic carbocycles. The van der Waals surface area contributed by atoms with Crippen molar-refractivity contribution in [3.8, 4) is 0 Å². The van der Waals surface area contributed by atoms with Crippen LogP contribution in [0.25, 0.3) is 0 Å². The Morgan fingerprint density at radius 1 is 1.67 bits per heavy atom. The van der Waals surface area contributed by atoms with E-state index in [4.69, 9.17) is 0 Å². The second-order valence-corrected chi connectivity index (χ2v) is 2.79. The third kappa shape index (κ3) is 1.55. The minimum atomic E-state index is -0.631. The van der Waals surface area contributed by atoms with Crippen molar-refractivity contribution in [3.63, 3.8) is 0 Å². The molecule has 0 aliphatic carbocycles. The standard InChI is InChI=1S/C7H6BrNO3/c1-12-7(11)5-3-2-4-9(8)6(5)10/h2-4H,1H3. The molecular weight excluding hydrogens is 226 g/mol. The van der Waals surface area contributed by atoms with Crippen LogP contribution < -0.4 is 5.56 Å². The summed E-state index contributed by atoms with van der Waals surface area (Å²) in [5.74, 6) is -0.631. The quantitative estimate of drug-likeness (QED) is 0.672. The Bertz CT molecular complexity index is 358. The van der Waals surface area contributed by atoms with Crippen molar-refractivity contribution < 1.29 is 9.53 Å². The Labute approximate surface area is 77.1 Å². The lowest BCUT2D eigenvalue weighted by atomic mass is 10.3. The molecule has 1 heterocycles. The van der Waals surface area contributed by atoms with E-state index in [9.17, 15) is 9.59 Å². The number of aromatic nitrogens is 1. The van der Waals surface area contributed by atoms with Gasteiger partial charge in [-0.15, -0.1) is 0 Å². The highest BCUT2D eigenvalue weighted by atomic mass is 79.9. The third-order valence-corrected chi connectivity index (χ3v) is 1.87. The SMILES string of the molecule is COC(=O)c1cccn(Br)c1=O. The number of rotatable bonds is 1. The van der Waals surface area contributed by atoms with Gasteiger partial charge in [0.15, 0.2) is 0 Å². The number of carbonyl (C=O) groups is 1. The van der Waals surface area contributed by atoms with E-state index in [1.54, 1.807) is 6.07 Å². The van der Waals surface area contributed by atoms with E-state index in [0.717, 1.165) is 3.59 Å². The number of esters is 1. The summed E-state index contributed by atoms with van der Waals surface area (Å²) < 4.78 is 5.54. The van der Waals surface area contributed by atoms with Crippen LogP contribution in [-0.2, 0) is 4.74 Å². The molecule has 0 bridgehead atoms. The number of nitrogens with zero attached hydrogens (tertiary/aromatic N) is 1. The van der Waals surface area contributed by atoms with Gasteiger partial charge in [0.2, 0.25) is 0 Å². The highest BCUT2D eigenvalue weighted by Gasteiger charge is 2.10. The number of hydrogen-bond donors (Lipinski definition) is 0. The number of hydrogen-bond acceptors (Lipinski definition) is 3. The topological polar surface area (TPSA) is 48.3 Å². The summed E-state index contributed by atoms with van der Waals surface area (Å²) in [4.78, 5) is 22.1. The summed E-state index contributed by atoms with van der Waals surface area (Å²) in [6.07, 6.45) is 1.49. The molecule has 0 atom stereocenters. The zero-order chi connectivity index (χ0) is 9.14. The fourth-order valence-electron chi connectivity index (χ4n) is 0.734. The van der Waals surface area contributed by atoms with E-state index >= 15 is 0 Å². The van der Waals surface area contributed by atoms with Crippen molar-refractivity contribution in [3.05, 3.63) is 34.2 Å². The molecule has 0 amide bonds. The first-order valence-corrected chi connectivity index (χ1v) is 3.84. The predicted molar refractivity (Wildman–Crippen MR) is 46.4 cm³/mol. The lowest BCUT2D eigenvalue weighted by molar-refractivity contribution is 0.0598. The van der Waals surface area contributed by atoms with Crippen LogP contribution in [0, 0.1) is 0 Å². The first-order valence-electron chi connectivity index (χ1n) is 3.13. The molecule has 0 fully saturated rings. The van der Waals surface area contributed by atoms with E-state index in [2.05, 4.69) is 20.9 Å². The second kappa shape index (κ2) is 3.53. The molecule has 1 aromatic rings. The molecule has 0 unspecified atom stereocenters. The first kappa shape index (κ1) is 8.99.